The maximum absolute atomic E-state index is 12.4. The van der Waals surface area contributed by atoms with Crippen LogP contribution in [0.25, 0.3) is 10.8 Å². The molecule has 0 spiro atoms. The number of hydrogen-bond acceptors (Lipinski definition) is 2. The van der Waals surface area contributed by atoms with Crippen LogP contribution >= 0.6 is 0 Å². The van der Waals surface area contributed by atoms with E-state index in [2.05, 4.69) is 58.2 Å². The van der Waals surface area contributed by atoms with Crippen molar-refractivity contribution in [3.63, 3.8) is 0 Å². The van der Waals surface area contributed by atoms with Crippen molar-refractivity contribution >= 4 is 16.8 Å². The van der Waals surface area contributed by atoms with Gasteiger partial charge in [0.05, 0.1) is 11.2 Å². The monoisotopic (exact) mass is 348 g/mol. The van der Waals surface area contributed by atoms with E-state index in [1.165, 1.54) is 16.3 Å². The Balaban J connectivity index is 1.38. The SMILES string of the molecule is Cn1ccc(C(C)(C)NC(=O)N[C@@H]2C[C@H]2c2ccc3ccccc3c2)n1. The third-order valence-electron chi connectivity index (χ3n) is 5.09. The number of amides is 2. The molecule has 3 aromatic rings. The normalized spacial score (nSPS) is 19.3. The number of benzene rings is 2. The van der Waals surface area contributed by atoms with Gasteiger partial charge >= 0.3 is 6.03 Å². The number of aryl methyl sites for hydroxylation is 1. The van der Waals surface area contributed by atoms with Gasteiger partial charge in [0.2, 0.25) is 0 Å². The zero-order chi connectivity index (χ0) is 18.3. The zero-order valence-electron chi connectivity index (χ0n) is 15.4. The quantitative estimate of drug-likeness (QED) is 0.756. The van der Waals surface area contributed by atoms with Crippen LogP contribution in [0.3, 0.4) is 0 Å². The molecule has 4 rings (SSSR count). The van der Waals surface area contributed by atoms with Crippen LogP contribution in [-0.4, -0.2) is 21.9 Å². The Hall–Kier alpha value is -2.82. The molecule has 2 atom stereocenters. The summed E-state index contributed by atoms with van der Waals surface area (Å²) in [5.74, 6) is 0.392. The molecule has 1 aromatic heterocycles. The van der Waals surface area contributed by atoms with Crippen molar-refractivity contribution in [2.24, 2.45) is 7.05 Å². The summed E-state index contributed by atoms with van der Waals surface area (Å²) in [7, 11) is 1.87. The molecule has 2 N–H and O–H groups in total. The maximum atomic E-state index is 12.4. The Morgan fingerprint density at radius 1 is 1.15 bits per heavy atom. The molecule has 26 heavy (non-hydrogen) atoms. The van der Waals surface area contributed by atoms with Crippen LogP contribution in [0.15, 0.2) is 54.7 Å². The second-order valence-electron chi connectivity index (χ2n) is 7.65. The summed E-state index contributed by atoms with van der Waals surface area (Å²) in [4.78, 5) is 12.4. The van der Waals surface area contributed by atoms with Crippen LogP contribution in [0.2, 0.25) is 0 Å². The Morgan fingerprint density at radius 3 is 2.65 bits per heavy atom. The van der Waals surface area contributed by atoms with E-state index in [1.54, 1.807) is 4.68 Å². The smallest absolute Gasteiger partial charge is 0.315 e. The predicted molar refractivity (Wildman–Crippen MR) is 103 cm³/mol. The minimum Gasteiger partial charge on any atom is -0.335 e. The molecule has 2 amide bonds. The van der Waals surface area contributed by atoms with Gasteiger partial charge in [0.1, 0.15) is 0 Å². The molecule has 1 fully saturated rings. The van der Waals surface area contributed by atoms with Crippen molar-refractivity contribution in [3.05, 3.63) is 66.0 Å². The summed E-state index contributed by atoms with van der Waals surface area (Å²) in [5.41, 5.74) is 1.62. The first-order valence-corrected chi connectivity index (χ1v) is 9.00. The first-order valence-electron chi connectivity index (χ1n) is 9.00. The average Bonchev–Trinajstić information content (AvgIpc) is 3.21. The van der Waals surface area contributed by atoms with Gasteiger partial charge in [-0.3, -0.25) is 4.68 Å². The Morgan fingerprint density at radius 2 is 1.92 bits per heavy atom. The minimum absolute atomic E-state index is 0.144. The Labute approximate surface area is 153 Å². The lowest BCUT2D eigenvalue weighted by molar-refractivity contribution is 0.228. The lowest BCUT2D eigenvalue weighted by Gasteiger charge is -2.24. The van der Waals surface area contributed by atoms with Crippen LogP contribution in [0.5, 0.6) is 0 Å². The molecule has 0 bridgehead atoms. The Bertz CT molecular complexity index is 959. The van der Waals surface area contributed by atoms with E-state index in [9.17, 15) is 4.79 Å². The molecule has 0 aliphatic heterocycles. The summed E-state index contributed by atoms with van der Waals surface area (Å²) in [6.45, 7) is 3.92. The molecule has 1 aliphatic carbocycles. The molecule has 0 unspecified atom stereocenters. The van der Waals surface area contributed by atoms with E-state index < -0.39 is 5.54 Å². The van der Waals surface area contributed by atoms with Crippen molar-refractivity contribution in [2.45, 2.75) is 37.8 Å². The molecule has 2 aromatic carbocycles. The van der Waals surface area contributed by atoms with Crippen molar-refractivity contribution in [2.75, 3.05) is 0 Å². The number of nitrogens with zero attached hydrogens (tertiary/aromatic N) is 2. The van der Waals surface area contributed by atoms with Crippen LogP contribution in [0, 0.1) is 0 Å². The highest BCUT2D eigenvalue weighted by Gasteiger charge is 2.40. The second-order valence-corrected chi connectivity index (χ2v) is 7.65. The molecule has 0 radical (unpaired) electrons. The molecule has 134 valence electrons. The first-order chi connectivity index (χ1) is 12.4. The number of hydrogen-bond donors (Lipinski definition) is 2. The van der Waals surface area contributed by atoms with Gasteiger partial charge < -0.3 is 10.6 Å². The summed E-state index contributed by atoms with van der Waals surface area (Å²) in [6.07, 6.45) is 2.86. The average molecular weight is 348 g/mol. The highest BCUT2D eigenvalue weighted by Crippen LogP contribution is 2.41. The number of urea groups is 1. The highest BCUT2D eigenvalue weighted by atomic mass is 16.2. The molecule has 1 aliphatic rings. The first kappa shape index (κ1) is 16.6. The largest absolute Gasteiger partial charge is 0.335 e. The summed E-state index contributed by atoms with van der Waals surface area (Å²) < 4.78 is 1.74. The van der Waals surface area contributed by atoms with Crippen molar-refractivity contribution in [1.29, 1.82) is 0 Å². The molecular weight excluding hydrogens is 324 g/mol. The zero-order valence-corrected chi connectivity index (χ0v) is 15.4. The summed E-state index contributed by atoms with van der Waals surface area (Å²) in [5, 5.41) is 13.0. The van der Waals surface area contributed by atoms with Gasteiger partial charge in [0.15, 0.2) is 0 Å². The van der Waals surface area contributed by atoms with Crippen molar-refractivity contribution in [3.8, 4) is 0 Å². The number of aromatic nitrogens is 2. The standard InChI is InChI=1S/C21H24N4O/c1-21(2,19-10-11-25(3)24-19)23-20(26)22-18-13-17(18)16-9-8-14-6-4-5-7-15(14)12-16/h4-12,17-18H,13H2,1-3H3,(H2,22,23,26)/t17-,18+/m0/s1. The Kier molecular flexibility index (Phi) is 3.94. The lowest BCUT2D eigenvalue weighted by atomic mass is 10.0. The van der Waals surface area contributed by atoms with Crippen LogP contribution in [0.1, 0.15) is 37.4 Å². The molecule has 1 saturated carbocycles. The number of carbonyl (C=O) groups is 1. The molecular formula is C21H24N4O. The maximum Gasteiger partial charge on any atom is 0.315 e. The van der Waals surface area contributed by atoms with Crippen LogP contribution in [-0.2, 0) is 12.6 Å². The summed E-state index contributed by atoms with van der Waals surface area (Å²) in [6, 6.07) is 16.9. The highest BCUT2D eigenvalue weighted by molar-refractivity contribution is 5.83. The van der Waals surface area contributed by atoms with Gasteiger partial charge in [-0.1, -0.05) is 42.5 Å². The van der Waals surface area contributed by atoms with E-state index in [4.69, 9.17) is 0 Å². The van der Waals surface area contributed by atoms with Gasteiger partial charge in [-0.25, -0.2) is 4.79 Å². The van der Waals surface area contributed by atoms with Crippen molar-refractivity contribution in [1.82, 2.24) is 20.4 Å². The van der Waals surface area contributed by atoms with Crippen molar-refractivity contribution < 1.29 is 4.79 Å². The van der Waals surface area contributed by atoms with Gasteiger partial charge in [-0.15, -0.1) is 0 Å². The van der Waals surface area contributed by atoms with E-state index in [-0.39, 0.29) is 12.1 Å². The fraction of sp³-hybridized carbons (Fsp3) is 0.333. The number of carbonyl (C=O) groups excluding carboxylic acids is 1. The van der Waals surface area contributed by atoms with Gasteiger partial charge in [0, 0.05) is 25.2 Å². The van der Waals surface area contributed by atoms with E-state index in [0.29, 0.717) is 5.92 Å². The fourth-order valence-corrected chi connectivity index (χ4v) is 3.46. The number of fused-ring (bicyclic) bond motifs is 1. The van der Waals surface area contributed by atoms with Gasteiger partial charge in [0.25, 0.3) is 0 Å². The third kappa shape index (κ3) is 3.29. The predicted octanol–water partition coefficient (Wildman–Crippen LogP) is 3.66. The number of nitrogens with one attached hydrogen (secondary N) is 2. The van der Waals surface area contributed by atoms with E-state index >= 15 is 0 Å². The molecule has 5 nitrogen and oxygen atoms in total. The minimum atomic E-state index is -0.515. The van der Waals surface area contributed by atoms with Gasteiger partial charge in [-0.2, -0.15) is 5.10 Å². The van der Waals surface area contributed by atoms with E-state index in [1.807, 2.05) is 33.2 Å². The van der Waals surface area contributed by atoms with E-state index in [0.717, 1.165) is 12.1 Å². The summed E-state index contributed by atoms with van der Waals surface area (Å²) >= 11 is 0. The molecule has 0 saturated heterocycles. The molecule has 5 heteroatoms. The molecule has 1 heterocycles. The topological polar surface area (TPSA) is 59.0 Å². The van der Waals surface area contributed by atoms with Gasteiger partial charge in [-0.05, 0) is 42.7 Å². The number of rotatable bonds is 4. The fourth-order valence-electron chi connectivity index (χ4n) is 3.46. The third-order valence-corrected chi connectivity index (χ3v) is 5.09. The van der Waals surface area contributed by atoms with Crippen LogP contribution < -0.4 is 10.6 Å². The second kappa shape index (κ2) is 6.16. The lowest BCUT2D eigenvalue weighted by Crippen LogP contribution is -2.47. The van der Waals surface area contributed by atoms with Crippen LogP contribution in [0.4, 0.5) is 4.79 Å².